The van der Waals surface area contributed by atoms with Crippen LogP contribution in [-0.2, 0) is 16.0 Å². The molecule has 3 rings (SSSR count). The summed E-state index contributed by atoms with van der Waals surface area (Å²) >= 11 is 13.7. The van der Waals surface area contributed by atoms with Gasteiger partial charge in [-0.1, -0.05) is 47.7 Å². The molecule has 1 atom stereocenters. The van der Waals surface area contributed by atoms with Gasteiger partial charge in [-0.15, -0.1) is 11.3 Å². The Morgan fingerprint density at radius 2 is 2.12 bits per heavy atom. The third-order valence-electron chi connectivity index (χ3n) is 3.51. The Morgan fingerprint density at radius 3 is 2.76 bits per heavy atom. The number of benzene rings is 1. The molecule has 0 aliphatic carbocycles. The number of amides is 2. The fourth-order valence-corrected chi connectivity index (χ4v) is 4.66. The quantitative estimate of drug-likeness (QED) is 0.762. The van der Waals surface area contributed by atoms with Crippen LogP contribution < -0.4 is 5.32 Å². The molecule has 2 aromatic rings. The smallest absolute Gasteiger partial charge is 0.246 e. The minimum Gasteiger partial charge on any atom is -0.300 e. The minimum absolute atomic E-state index is 0.0822. The lowest BCUT2D eigenvalue weighted by molar-refractivity contribution is -0.129. The summed E-state index contributed by atoms with van der Waals surface area (Å²) in [5.41, 5.74) is 1.12. The van der Waals surface area contributed by atoms with E-state index in [1.807, 2.05) is 24.3 Å². The number of thioether (sulfide) groups is 1. The molecule has 1 saturated heterocycles. The largest absolute Gasteiger partial charge is 0.300 e. The van der Waals surface area contributed by atoms with Gasteiger partial charge in [0.15, 0.2) is 5.13 Å². The fourth-order valence-electron chi connectivity index (χ4n) is 2.27. The van der Waals surface area contributed by atoms with Gasteiger partial charge in [-0.2, -0.15) is 0 Å². The summed E-state index contributed by atoms with van der Waals surface area (Å²) in [5, 5.41) is 3.70. The summed E-state index contributed by atoms with van der Waals surface area (Å²) in [6.45, 7) is 1.70. The van der Waals surface area contributed by atoms with Gasteiger partial charge in [0.1, 0.15) is 10.9 Å². The van der Waals surface area contributed by atoms with Crippen LogP contribution in [0, 0.1) is 0 Å². The first kappa shape index (κ1) is 18.3. The van der Waals surface area contributed by atoms with Crippen LogP contribution in [0.2, 0.25) is 5.02 Å². The van der Waals surface area contributed by atoms with Gasteiger partial charge in [-0.25, -0.2) is 4.98 Å². The van der Waals surface area contributed by atoms with Crippen LogP contribution in [0.4, 0.5) is 5.13 Å². The van der Waals surface area contributed by atoms with E-state index in [1.54, 1.807) is 13.1 Å². The van der Waals surface area contributed by atoms with E-state index in [4.69, 9.17) is 23.8 Å². The Labute approximate surface area is 163 Å². The summed E-state index contributed by atoms with van der Waals surface area (Å²) in [6, 6.07) is 7.60. The van der Waals surface area contributed by atoms with E-state index in [2.05, 4.69) is 10.3 Å². The van der Waals surface area contributed by atoms with E-state index in [-0.39, 0.29) is 23.6 Å². The van der Waals surface area contributed by atoms with Gasteiger partial charge in [0.05, 0.1) is 5.25 Å². The van der Waals surface area contributed by atoms with Crippen molar-refractivity contribution < 1.29 is 9.59 Å². The summed E-state index contributed by atoms with van der Waals surface area (Å²) in [5.74, 6) is -0.439. The normalized spacial score (nSPS) is 17.2. The molecular formula is C16H14ClN3O2S3. The molecule has 130 valence electrons. The predicted octanol–water partition coefficient (Wildman–Crippen LogP) is 3.57. The van der Waals surface area contributed by atoms with Crippen molar-refractivity contribution in [3.63, 3.8) is 0 Å². The Bertz CT molecular complexity index is 822. The zero-order chi connectivity index (χ0) is 18.0. The van der Waals surface area contributed by atoms with Crippen LogP contribution in [0.1, 0.15) is 17.4 Å². The maximum Gasteiger partial charge on any atom is 0.246 e. The monoisotopic (exact) mass is 411 g/mol. The van der Waals surface area contributed by atoms with Crippen molar-refractivity contribution in [2.24, 2.45) is 0 Å². The summed E-state index contributed by atoms with van der Waals surface area (Å²) in [7, 11) is 0. The van der Waals surface area contributed by atoms with Gasteiger partial charge >= 0.3 is 0 Å². The molecule has 2 heterocycles. The first-order valence-corrected chi connectivity index (χ1v) is 9.91. The Balaban J connectivity index is 1.57. The van der Waals surface area contributed by atoms with Crippen molar-refractivity contribution in [1.29, 1.82) is 0 Å². The van der Waals surface area contributed by atoms with E-state index >= 15 is 0 Å². The van der Waals surface area contributed by atoms with E-state index in [9.17, 15) is 9.59 Å². The number of hydrogen-bond acceptors (Lipinski definition) is 6. The highest BCUT2D eigenvalue weighted by molar-refractivity contribution is 8.24. The molecule has 1 fully saturated rings. The van der Waals surface area contributed by atoms with Gasteiger partial charge < -0.3 is 5.32 Å². The van der Waals surface area contributed by atoms with Crippen molar-refractivity contribution in [2.45, 2.75) is 18.6 Å². The van der Waals surface area contributed by atoms with E-state index in [0.29, 0.717) is 20.9 Å². The molecule has 25 heavy (non-hydrogen) atoms. The molecule has 0 saturated carbocycles. The molecule has 1 aliphatic rings. The van der Waals surface area contributed by atoms with Gasteiger partial charge in [0, 0.05) is 22.5 Å². The lowest BCUT2D eigenvalue weighted by atomic mass is 10.1. The van der Waals surface area contributed by atoms with Crippen LogP contribution >= 0.6 is 46.9 Å². The molecular weight excluding hydrogens is 398 g/mol. The summed E-state index contributed by atoms with van der Waals surface area (Å²) in [6.07, 6.45) is 2.45. The number of carbonyl (C=O) groups is 2. The first-order valence-electron chi connectivity index (χ1n) is 7.43. The number of aromatic nitrogens is 1. The lowest BCUT2D eigenvalue weighted by Crippen LogP contribution is -2.37. The molecule has 1 N–H and O–H groups in total. The van der Waals surface area contributed by atoms with E-state index < -0.39 is 0 Å². The standard InChI is InChI=1S/C16H14ClN3O2S3/c1-9-14(22)20(16(23)24-9)8-13(21)19-15-18-7-12(25-15)6-10-2-4-11(17)5-3-10/h2-5,7,9H,6,8H2,1H3,(H,18,19,21). The highest BCUT2D eigenvalue weighted by Crippen LogP contribution is 2.27. The average Bonchev–Trinajstić information content (AvgIpc) is 3.09. The molecule has 2 amide bonds. The van der Waals surface area contributed by atoms with E-state index in [0.717, 1.165) is 10.4 Å². The maximum absolute atomic E-state index is 12.1. The molecule has 0 bridgehead atoms. The van der Waals surface area contributed by atoms with Crippen LogP contribution in [0.15, 0.2) is 30.5 Å². The second-order valence-electron chi connectivity index (χ2n) is 5.43. The fraction of sp³-hybridized carbons (Fsp3) is 0.250. The Hall–Kier alpha value is -1.48. The van der Waals surface area contributed by atoms with Gasteiger partial charge in [-0.3, -0.25) is 14.5 Å². The average molecular weight is 412 g/mol. The molecule has 0 spiro atoms. The third kappa shape index (κ3) is 4.58. The molecule has 5 nitrogen and oxygen atoms in total. The van der Waals surface area contributed by atoms with Crippen LogP contribution in [0.3, 0.4) is 0 Å². The van der Waals surface area contributed by atoms with E-state index in [1.165, 1.54) is 28.0 Å². The number of hydrogen-bond donors (Lipinski definition) is 1. The highest BCUT2D eigenvalue weighted by Gasteiger charge is 2.34. The number of nitrogens with one attached hydrogen (secondary N) is 1. The number of nitrogens with zero attached hydrogens (tertiary/aromatic N) is 2. The summed E-state index contributed by atoms with van der Waals surface area (Å²) < 4.78 is 0.440. The minimum atomic E-state index is -0.308. The number of halogens is 1. The second-order valence-corrected chi connectivity index (χ2v) is 8.96. The van der Waals surface area contributed by atoms with Crippen LogP contribution in [-0.4, -0.2) is 37.8 Å². The lowest BCUT2D eigenvalue weighted by Gasteiger charge is -2.13. The number of anilines is 1. The first-order chi connectivity index (χ1) is 11.9. The van der Waals surface area contributed by atoms with Crippen molar-refractivity contribution in [2.75, 3.05) is 11.9 Å². The molecule has 1 aliphatic heterocycles. The van der Waals surface area contributed by atoms with Crippen molar-refractivity contribution in [3.05, 3.63) is 45.9 Å². The highest BCUT2D eigenvalue weighted by atomic mass is 35.5. The molecule has 0 radical (unpaired) electrons. The van der Waals surface area contributed by atoms with Crippen LogP contribution in [0.25, 0.3) is 0 Å². The topological polar surface area (TPSA) is 62.3 Å². The summed E-state index contributed by atoms with van der Waals surface area (Å²) in [4.78, 5) is 30.7. The third-order valence-corrected chi connectivity index (χ3v) is 6.16. The number of thiocarbonyl (C=S) groups is 1. The zero-order valence-electron chi connectivity index (χ0n) is 13.2. The second kappa shape index (κ2) is 7.82. The Kier molecular flexibility index (Phi) is 5.73. The maximum atomic E-state index is 12.1. The van der Waals surface area contributed by atoms with Gasteiger partial charge in [0.2, 0.25) is 11.8 Å². The number of rotatable bonds is 5. The molecule has 1 unspecified atom stereocenters. The zero-order valence-corrected chi connectivity index (χ0v) is 16.4. The van der Waals surface area contributed by atoms with Crippen LogP contribution in [0.5, 0.6) is 0 Å². The number of carbonyl (C=O) groups excluding carboxylic acids is 2. The SMILES string of the molecule is CC1SC(=S)N(CC(=O)Nc2ncc(Cc3ccc(Cl)cc3)s2)C1=O. The molecule has 9 heteroatoms. The van der Waals surface area contributed by atoms with Gasteiger partial charge in [0.25, 0.3) is 0 Å². The van der Waals surface area contributed by atoms with Crippen molar-refractivity contribution >= 4 is 68.2 Å². The van der Waals surface area contributed by atoms with Gasteiger partial charge in [-0.05, 0) is 24.6 Å². The number of thiazole rings is 1. The van der Waals surface area contributed by atoms with Crippen molar-refractivity contribution in [3.8, 4) is 0 Å². The molecule has 1 aromatic heterocycles. The predicted molar refractivity (Wildman–Crippen MR) is 106 cm³/mol. The molecule has 1 aromatic carbocycles. The Morgan fingerprint density at radius 1 is 1.40 bits per heavy atom. The van der Waals surface area contributed by atoms with Crippen molar-refractivity contribution in [1.82, 2.24) is 9.88 Å².